The van der Waals surface area contributed by atoms with E-state index in [9.17, 15) is 19.2 Å². The number of benzodiazepines with no additional fused rings is 1. The van der Waals surface area contributed by atoms with E-state index >= 15 is 0 Å². The van der Waals surface area contributed by atoms with Gasteiger partial charge in [-0.25, -0.2) is 4.79 Å². The summed E-state index contributed by atoms with van der Waals surface area (Å²) in [5.41, 5.74) is 3.77. The number of hydrogen-bond acceptors (Lipinski definition) is 6. The van der Waals surface area contributed by atoms with Gasteiger partial charge in [0.2, 0.25) is 11.8 Å². The Morgan fingerprint density at radius 3 is 2.08 bits per heavy atom. The van der Waals surface area contributed by atoms with Crippen LogP contribution in [0.5, 0.6) is 0 Å². The number of nitrogens with one attached hydrogen (secondary N) is 3. The molecule has 0 saturated heterocycles. The molecule has 4 aromatic carbocycles. The maximum Gasteiger partial charge on any atom is 0.408 e. The number of rotatable bonds is 6. The van der Waals surface area contributed by atoms with E-state index in [0.717, 1.165) is 27.0 Å². The first-order chi connectivity index (χ1) is 23.5. The largest absolute Gasteiger partial charge is 0.444 e. The summed E-state index contributed by atoms with van der Waals surface area (Å²) >= 11 is 18.6. The third-order valence-electron chi connectivity index (χ3n) is 7.03. The summed E-state index contributed by atoms with van der Waals surface area (Å²) in [7, 11) is 0. The molecule has 0 radical (unpaired) electrons. The molecule has 0 aromatic heterocycles. The van der Waals surface area contributed by atoms with Crippen molar-refractivity contribution in [1.29, 1.82) is 0 Å². The molecule has 1 aliphatic rings. The van der Waals surface area contributed by atoms with Gasteiger partial charge >= 0.3 is 6.09 Å². The molecule has 0 spiro atoms. The van der Waals surface area contributed by atoms with Gasteiger partial charge in [-0.2, -0.15) is 0 Å². The van der Waals surface area contributed by atoms with E-state index in [4.69, 9.17) is 27.9 Å². The van der Waals surface area contributed by atoms with Gasteiger partial charge in [-0.05, 0) is 107 Å². The second-order valence-corrected chi connectivity index (χ2v) is 14.9. The summed E-state index contributed by atoms with van der Waals surface area (Å²) in [6, 6.07) is 23.3. The number of carbonyl (C=O) groups excluding carboxylic acids is 4. The minimum Gasteiger partial charge on any atom is -0.444 e. The fraction of sp³-hybridized carbons (Fsp3) is 0.216. The molecule has 5 rings (SSSR count). The van der Waals surface area contributed by atoms with Crippen molar-refractivity contribution in [2.24, 2.45) is 4.99 Å². The van der Waals surface area contributed by atoms with Crippen molar-refractivity contribution < 1.29 is 23.9 Å². The van der Waals surface area contributed by atoms with Gasteiger partial charge in [0.25, 0.3) is 0 Å². The molecule has 0 bridgehead atoms. The van der Waals surface area contributed by atoms with Crippen molar-refractivity contribution in [3.8, 4) is 0 Å². The van der Waals surface area contributed by atoms with Gasteiger partial charge in [0.05, 0.1) is 17.1 Å². The van der Waals surface area contributed by atoms with Gasteiger partial charge in [-0.3, -0.25) is 19.4 Å². The highest BCUT2D eigenvalue weighted by atomic mass is 79.9. The van der Waals surface area contributed by atoms with E-state index in [1.54, 1.807) is 70.2 Å². The number of nitrogens with zero attached hydrogens (tertiary/aromatic N) is 1. The molecule has 0 aliphatic carbocycles. The van der Waals surface area contributed by atoms with Crippen molar-refractivity contribution in [2.75, 3.05) is 10.6 Å². The number of aliphatic imine (C=N–C) groups is 1. The van der Waals surface area contributed by atoms with Crippen LogP contribution >= 0.6 is 55.1 Å². The molecule has 0 unspecified atom stereocenters. The molecule has 0 fully saturated rings. The Labute approximate surface area is 317 Å². The first-order valence-corrected chi connectivity index (χ1v) is 17.7. The topological polar surface area (TPSA) is 126 Å². The van der Waals surface area contributed by atoms with Crippen LogP contribution in [0.2, 0.25) is 10.0 Å². The van der Waals surface area contributed by atoms with Crippen molar-refractivity contribution in [1.82, 2.24) is 5.32 Å². The lowest BCUT2D eigenvalue weighted by atomic mass is 10.0. The van der Waals surface area contributed by atoms with E-state index in [0.29, 0.717) is 31.3 Å². The van der Waals surface area contributed by atoms with Crippen LogP contribution < -0.4 is 16.0 Å². The predicted molar refractivity (Wildman–Crippen MR) is 206 cm³/mol. The van der Waals surface area contributed by atoms with Crippen molar-refractivity contribution >= 4 is 95.8 Å². The van der Waals surface area contributed by atoms with E-state index in [2.05, 4.69) is 52.8 Å². The Balaban J connectivity index is 0.000000235. The lowest BCUT2D eigenvalue weighted by Gasteiger charge is -2.22. The van der Waals surface area contributed by atoms with Gasteiger partial charge in [-0.1, -0.05) is 67.2 Å². The molecule has 3 N–H and O–H groups in total. The average molecular weight is 845 g/mol. The Morgan fingerprint density at radius 2 is 1.46 bits per heavy atom. The maximum atomic E-state index is 12.9. The lowest BCUT2D eigenvalue weighted by Crippen LogP contribution is -2.44. The fourth-order valence-electron chi connectivity index (χ4n) is 4.58. The van der Waals surface area contributed by atoms with E-state index in [1.165, 1.54) is 6.92 Å². The molecule has 260 valence electrons. The average Bonchev–Trinajstić information content (AvgIpc) is 3.16. The fourth-order valence-corrected chi connectivity index (χ4v) is 5.55. The molecular weight excluding hydrogens is 811 g/mol. The number of alkyl carbamates (subject to hydrolysis) is 1. The highest BCUT2D eigenvalue weighted by molar-refractivity contribution is 9.10. The first-order valence-electron chi connectivity index (χ1n) is 15.4. The summed E-state index contributed by atoms with van der Waals surface area (Å²) < 4.78 is 6.78. The minimum atomic E-state index is -0.869. The van der Waals surface area contributed by atoms with Crippen LogP contribution in [0, 0.1) is 0 Å². The standard InChI is InChI=1S/C21H22BrClN2O4.C16H12BrClN2O/c1-12(24-20(28)29-21(2,3)4)19(27)25-17-10-7-14(22)11-16(17)18(26)13-5-8-15(23)9-6-13;1-9-16(21)20-14-7-4-11(17)8-13(14)15(19-9)10-2-5-12(18)6-3-10/h5-12H,1-4H3,(H,24,28)(H,25,27);2-9H,1H3,(H,20,21)/t12-;9-/m10/s1. The zero-order valence-electron chi connectivity index (χ0n) is 27.7. The zero-order valence-corrected chi connectivity index (χ0v) is 32.4. The number of anilines is 2. The molecule has 1 heterocycles. The van der Waals surface area contributed by atoms with Crippen LogP contribution in [0.25, 0.3) is 0 Å². The third kappa shape index (κ3) is 10.7. The highest BCUT2D eigenvalue weighted by Crippen LogP contribution is 2.28. The predicted octanol–water partition coefficient (Wildman–Crippen LogP) is 9.47. The van der Waals surface area contributed by atoms with Crippen LogP contribution in [0.4, 0.5) is 16.2 Å². The summed E-state index contributed by atoms with van der Waals surface area (Å²) in [6.07, 6.45) is -0.701. The second kappa shape index (κ2) is 16.8. The van der Waals surface area contributed by atoms with Gasteiger partial charge in [-0.15, -0.1) is 0 Å². The lowest BCUT2D eigenvalue weighted by molar-refractivity contribution is -0.118. The summed E-state index contributed by atoms with van der Waals surface area (Å²) in [4.78, 5) is 53.9. The van der Waals surface area contributed by atoms with Crippen molar-refractivity contribution in [3.05, 3.63) is 126 Å². The first kappa shape index (κ1) is 38.8. The summed E-state index contributed by atoms with van der Waals surface area (Å²) in [6.45, 7) is 8.50. The second-order valence-electron chi connectivity index (χ2n) is 12.2. The van der Waals surface area contributed by atoms with Gasteiger partial charge in [0, 0.05) is 41.2 Å². The number of amides is 3. The van der Waals surface area contributed by atoms with Crippen molar-refractivity contribution in [3.63, 3.8) is 0 Å². The Morgan fingerprint density at radius 1 is 0.880 bits per heavy atom. The number of fused-ring (bicyclic) bond motifs is 1. The van der Waals surface area contributed by atoms with E-state index < -0.39 is 29.7 Å². The summed E-state index contributed by atoms with van der Waals surface area (Å²) in [5, 5.41) is 9.26. The van der Waals surface area contributed by atoms with E-state index in [1.807, 2.05) is 42.5 Å². The third-order valence-corrected chi connectivity index (χ3v) is 8.52. The molecule has 13 heteroatoms. The number of carbonyl (C=O) groups is 4. The quantitative estimate of drug-likeness (QED) is 0.167. The molecule has 3 amide bonds. The van der Waals surface area contributed by atoms with Gasteiger partial charge in [0.1, 0.15) is 17.7 Å². The molecule has 50 heavy (non-hydrogen) atoms. The van der Waals surface area contributed by atoms with Crippen LogP contribution in [-0.4, -0.2) is 47.1 Å². The van der Waals surface area contributed by atoms with E-state index in [-0.39, 0.29) is 11.7 Å². The number of ketones is 1. The summed E-state index contributed by atoms with van der Waals surface area (Å²) in [5.74, 6) is -0.864. The van der Waals surface area contributed by atoms with Crippen molar-refractivity contribution in [2.45, 2.75) is 52.3 Å². The highest BCUT2D eigenvalue weighted by Gasteiger charge is 2.24. The Kier molecular flexibility index (Phi) is 13.0. The number of ether oxygens (including phenoxy) is 1. The number of hydrogen-bond donors (Lipinski definition) is 3. The van der Waals surface area contributed by atoms with Crippen LogP contribution in [0.15, 0.2) is 98.9 Å². The Hall–Kier alpha value is -4.03. The molecule has 9 nitrogen and oxygen atoms in total. The monoisotopic (exact) mass is 842 g/mol. The number of halogens is 4. The van der Waals surface area contributed by atoms with Gasteiger partial charge < -0.3 is 20.7 Å². The maximum absolute atomic E-state index is 12.9. The van der Waals surface area contributed by atoms with Crippen LogP contribution in [0.1, 0.15) is 61.7 Å². The normalized spacial score (nSPS) is 14.4. The molecule has 4 aromatic rings. The van der Waals surface area contributed by atoms with Crippen LogP contribution in [-0.2, 0) is 14.3 Å². The molecule has 1 aliphatic heterocycles. The molecular formula is C37H34Br2Cl2N4O5. The molecule has 2 atom stereocenters. The number of benzene rings is 4. The molecule has 0 saturated carbocycles. The minimum absolute atomic E-state index is 0.109. The smallest absolute Gasteiger partial charge is 0.408 e. The Bertz CT molecular complexity index is 1950. The van der Waals surface area contributed by atoms with Crippen LogP contribution in [0.3, 0.4) is 0 Å². The SMILES string of the molecule is C[C@@H](NC(=O)OC(C)(C)C)C(=O)Nc1ccc(Br)cc1C(=O)c1ccc(Cl)cc1.C[C@@H]1N=C(c2ccc(Cl)cc2)c2cc(Br)ccc2NC1=O. The van der Waals surface area contributed by atoms with Gasteiger partial charge in [0.15, 0.2) is 5.78 Å². The zero-order chi connectivity index (χ0) is 36.7.